The Bertz CT molecular complexity index is 24.0. The van der Waals surface area contributed by atoms with E-state index >= 15 is 0 Å². The van der Waals surface area contributed by atoms with Crippen LogP contribution in [-0.4, -0.2) is 6.61 Å². The fourth-order valence-corrected chi connectivity index (χ4v) is 0.580. The van der Waals surface area contributed by atoms with Gasteiger partial charge >= 0.3 is 0 Å². The molecule has 0 bridgehead atoms. The summed E-state index contributed by atoms with van der Waals surface area (Å²) < 4.78 is 4.94. The summed E-state index contributed by atoms with van der Waals surface area (Å²) in [5.74, 6) is 0. The zero-order valence-corrected chi connectivity index (χ0v) is 8.23. The van der Waals surface area contributed by atoms with Crippen LogP contribution in [0.2, 0.25) is 0 Å². The van der Waals surface area contributed by atoms with Crippen LogP contribution in [0.25, 0.3) is 0 Å². The van der Waals surface area contributed by atoms with E-state index in [9.17, 15) is 0 Å². The van der Waals surface area contributed by atoms with Gasteiger partial charge in [-0.05, 0) is 6.42 Å². The van der Waals surface area contributed by atoms with Crippen molar-refractivity contribution in [3.63, 3.8) is 0 Å². The Hall–Kier alpha value is 1.06. The van der Waals surface area contributed by atoms with Crippen LogP contribution in [0, 0.1) is 14.0 Å². The topological polar surface area (TPSA) is 9.23 Å². The van der Waals surface area contributed by atoms with Crippen LogP contribution >= 0.6 is 0 Å². The zero-order valence-electron chi connectivity index (χ0n) is 5.39. The first-order valence-corrected chi connectivity index (χ1v) is 2.43. The van der Waals surface area contributed by atoms with Crippen LogP contribution in [0.3, 0.4) is 0 Å². The standard InChI is InChI=1S/C5H9O.CH3.Y/c1-2-4-6-5-3-1;;/h4H,1-3,5H2;1H3;/q2*-1;. The molecule has 1 aliphatic heterocycles. The minimum atomic E-state index is 0. The molecule has 0 atom stereocenters. The van der Waals surface area contributed by atoms with Crippen molar-refractivity contribution in [2.75, 3.05) is 6.61 Å². The maximum atomic E-state index is 4.94. The Labute approximate surface area is 77.1 Å². The van der Waals surface area contributed by atoms with Gasteiger partial charge in [-0.2, -0.15) is 6.42 Å². The van der Waals surface area contributed by atoms with Crippen LogP contribution in [0.5, 0.6) is 0 Å². The van der Waals surface area contributed by atoms with Crippen molar-refractivity contribution in [2.24, 2.45) is 0 Å². The molecular weight excluding hydrogens is 177 g/mol. The number of hydrogen-bond donors (Lipinski definition) is 0. The van der Waals surface area contributed by atoms with Crippen molar-refractivity contribution < 1.29 is 37.4 Å². The van der Waals surface area contributed by atoms with Gasteiger partial charge < -0.3 is 12.2 Å². The first-order chi connectivity index (χ1) is 3.00. The van der Waals surface area contributed by atoms with Gasteiger partial charge in [0.05, 0.1) is 0 Å². The van der Waals surface area contributed by atoms with Gasteiger partial charge in [0, 0.05) is 39.3 Å². The third-order valence-corrected chi connectivity index (χ3v) is 0.952. The molecule has 0 saturated carbocycles. The predicted octanol–water partition coefficient (Wildman–Crippen LogP) is 1.80. The van der Waals surface area contributed by atoms with Gasteiger partial charge in [0.1, 0.15) is 0 Å². The summed E-state index contributed by atoms with van der Waals surface area (Å²) in [4.78, 5) is 0. The molecule has 0 aliphatic carbocycles. The van der Waals surface area contributed by atoms with E-state index < -0.39 is 0 Å². The number of rotatable bonds is 0. The van der Waals surface area contributed by atoms with Crippen molar-refractivity contribution >= 4 is 0 Å². The predicted molar refractivity (Wildman–Crippen MR) is 30.5 cm³/mol. The number of hydrogen-bond acceptors (Lipinski definition) is 1. The second-order valence-electron chi connectivity index (χ2n) is 1.53. The van der Waals surface area contributed by atoms with Gasteiger partial charge in [0.15, 0.2) is 0 Å². The van der Waals surface area contributed by atoms with Crippen molar-refractivity contribution in [1.82, 2.24) is 0 Å². The maximum absolute atomic E-state index is 4.94. The van der Waals surface area contributed by atoms with E-state index in [2.05, 4.69) is 0 Å². The summed E-state index contributed by atoms with van der Waals surface area (Å²) in [5, 5.41) is 0. The largest absolute Gasteiger partial charge is 0.552 e. The Balaban J connectivity index is 0. The summed E-state index contributed by atoms with van der Waals surface area (Å²) >= 11 is 0. The molecule has 1 rings (SSSR count). The number of ether oxygens (including phenoxy) is 1. The van der Waals surface area contributed by atoms with Gasteiger partial charge in [-0.1, -0.05) is 6.42 Å². The molecule has 2 heteroatoms. The summed E-state index contributed by atoms with van der Waals surface area (Å²) in [6.45, 7) is 2.84. The Morgan fingerprint density at radius 3 is 2.12 bits per heavy atom. The van der Waals surface area contributed by atoms with Gasteiger partial charge in [0.25, 0.3) is 0 Å². The van der Waals surface area contributed by atoms with E-state index in [1.54, 1.807) is 0 Å². The fourth-order valence-electron chi connectivity index (χ4n) is 0.580. The smallest absolute Gasteiger partial charge is 0.0111 e. The molecule has 1 nitrogen and oxygen atoms in total. The van der Waals surface area contributed by atoms with Crippen molar-refractivity contribution in [3.05, 3.63) is 14.0 Å². The minimum absolute atomic E-state index is 0. The summed E-state index contributed by atoms with van der Waals surface area (Å²) in [6, 6.07) is 0. The third kappa shape index (κ3) is 5.21. The molecule has 0 unspecified atom stereocenters. The van der Waals surface area contributed by atoms with Gasteiger partial charge in [-0.15, -0.1) is 0 Å². The summed E-state index contributed by atoms with van der Waals surface area (Å²) in [7, 11) is 0. The molecule has 0 amide bonds. The molecular formula is C6H12OY-2. The summed E-state index contributed by atoms with van der Waals surface area (Å²) in [5.41, 5.74) is 0. The molecule has 0 aromatic rings. The molecule has 1 heterocycles. The molecule has 0 aromatic carbocycles. The zero-order chi connectivity index (χ0) is 4.24. The van der Waals surface area contributed by atoms with Crippen LogP contribution in [0.4, 0.5) is 0 Å². The third-order valence-electron chi connectivity index (χ3n) is 0.952. The van der Waals surface area contributed by atoms with Crippen molar-refractivity contribution in [1.29, 1.82) is 0 Å². The Morgan fingerprint density at radius 2 is 2.00 bits per heavy atom. The van der Waals surface area contributed by atoms with Gasteiger partial charge in [-0.3, -0.25) is 0 Å². The molecule has 0 N–H and O–H groups in total. The van der Waals surface area contributed by atoms with Crippen molar-refractivity contribution in [3.8, 4) is 0 Å². The Kier molecular flexibility index (Phi) is 11.9. The van der Waals surface area contributed by atoms with Crippen molar-refractivity contribution in [2.45, 2.75) is 19.3 Å². The molecule has 47 valence electrons. The average molecular weight is 189 g/mol. The van der Waals surface area contributed by atoms with Crippen LogP contribution in [0.1, 0.15) is 19.3 Å². The second kappa shape index (κ2) is 8.06. The first kappa shape index (κ1) is 11.8. The van der Waals surface area contributed by atoms with Crippen LogP contribution in [0.15, 0.2) is 0 Å². The second-order valence-corrected chi connectivity index (χ2v) is 1.53. The molecule has 1 saturated heterocycles. The van der Waals surface area contributed by atoms with E-state index in [-0.39, 0.29) is 40.1 Å². The maximum Gasteiger partial charge on any atom is 0.0111 e. The molecule has 1 aliphatic rings. The quantitative estimate of drug-likeness (QED) is 0.528. The fraction of sp³-hybridized carbons (Fsp3) is 0.667. The van der Waals surface area contributed by atoms with E-state index in [1.165, 1.54) is 12.8 Å². The molecule has 1 fully saturated rings. The first-order valence-electron chi connectivity index (χ1n) is 2.43. The average Bonchev–Trinajstić information content (AvgIpc) is 1.72. The van der Waals surface area contributed by atoms with Crippen LogP contribution in [-0.2, 0) is 37.4 Å². The molecule has 8 heavy (non-hydrogen) atoms. The molecule has 0 aromatic heterocycles. The Morgan fingerprint density at radius 1 is 1.25 bits per heavy atom. The SMILES string of the molecule is [CH-]1CCCCO1.[CH3-].[Y]. The van der Waals surface area contributed by atoms with E-state index in [1.807, 2.05) is 6.61 Å². The van der Waals surface area contributed by atoms with Gasteiger partial charge in [0.2, 0.25) is 0 Å². The van der Waals surface area contributed by atoms with E-state index in [4.69, 9.17) is 4.74 Å². The monoisotopic (exact) mass is 189 g/mol. The normalized spacial score (nSPS) is 18.0. The van der Waals surface area contributed by atoms with Crippen LogP contribution < -0.4 is 0 Å². The molecule has 1 radical (unpaired) electrons. The van der Waals surface area contributed by atoms with E-state index in [0.717, 1.165) is 13.0 Å². The van der Waals surface area contributed by atoms with Gasteiger partial charge in [-0.25, -0.2) is 6.61 Å². The van der Waals surface area contributed by atoms with E-state index in [0.29, 0.717) is 0 Å². The minimum Gasteiger partial charge on any atom is -0.552 e. The summed E-state index contributed by atoms with van der Waals surface area (Å²) in [6.07, 6.45) is 3.72. The molecule has 0 spiro atoms.